The number of benzene rings is 1. The van der Waals surface area contributed by atoms with Crippen LogP contribution in [0.15, 0.2) is 12.1 Å². The summed E-state index contributed by atoms with van der Waals surface area (Å²) in [6.07, 6.45) is 1.69. The Morgan fingerprint density at radius 1 is 1.24 bits per heavy atom. The zero-order chi connectivity index (χ0) is 19.0. The van der Waals surface area contributed by atoms with E-state index < -0.39 is 29.1 Å². The molecule has 0 saturated carbocycles. The minimum Gasteiger partial charge on any atom is -0.493 e. The van der Waals surface area contributed by atoms with Gasteiger partial charge in [-0.1, -0.05) is 13.3 Å². The van der Waals surface area contributed by atoms with Gasteiger partial charge in [-0.05, 0) is 13.3 Å². The van der Waals surface area contributed by atoms with E-state index in [1.165, 1.54) is 14.2 Å². The average molecular weight is 354 g/mol. The molecule has 138 valence electrons. The molecule has 0 saturated heterocycles. The third-order valence-corrected chi connectivity index (χ3v) is 3.38. The maximum Gasteiger partial charge on any atom is 0.345 e. The summed E-state index contributed by atoms with van der Waals surface area (Å²) in [5.74, 6) is -1.22. The second-order valence-electron chi connectivity index (χ2n) is 5.31. The van der Waals surface area contributed by atoms with Gasteiger partial charge in [-0.3, -0.25) is 14.9 Å². The first kappa shape index (κ1) is 20.2. The predicted octanol–water partition coefficient (Wildman–Crippen LogP) is 2.07. The first-order chi connectivity index (χ1) is 11.8. The van der Waals surface area contributed by atoms with Crippen LogP contribution in [0.1, 0.15) is 37.0 Å². The summed E-state index contributed by atoms with van der Waals surface area (Å²) in [5.41, 5.74) is -0.820. The minimum atomic E-state index is -0.994. The topological polar surface area (TPSA) is 117 Å². The molecule has 0 bridgehead atoms. The number of nitro benzene ring substituents is 1. The highest BCUT2D eigenvalue weighted by atomic mass is 16.6. The van der Waals surface area contributed by atoms with Gasteiger partial charge in [0.25, 0.3) is 11.6 Å². The van der Waals surface area contributed by atoms with Crippen LogP contribution in [0.5, 0.6) is 11.5 Å². The van der Waals surface area contributed by atoms with Crippen LogP contribution in [0.2, 0.25) is 0 Å². The summed E-state index contributed by atoms with van der Waals surface area (Å²) < 4.78 is 14.9. The van der Waals surface area contributed by atoms with Gasteiger partial charge in [-0.25, -0.2) is 4.79 Å². The molecule has 0 aliphatic heterocycles. The third-order valence-electron chi connectivity index (χ3n) is 3.38. The van der Waals surface area contributed by atoms with E-state index in [-0.39, 0.29) is 23.1 Å². The van der Waals surface area contributed by atoms with Crippen LogP contribution in [0.4, 0.5) is 5.69 Å². The quantitative estimate of drug-likeness (QED) is 0.410. The Morgan fingerprint density at radius 3 is 2.36 bits per heavy atom. The van der Waals surface area contributed by atoms with E-state index in [2.05, 4.69) is 5.32 Å². The summed E-state index contributed by atoms with van der Waals surface area (Å²) in [6.45, 7) is 3.29. The number of nitrogens with zero attached hydrogens (tertiary/aromatic N) is 1. The highest BCUT2D eigenvalue weighted by Crippen LogP contribution is 2.34. The summed E-state index contributed by atoms with van der Waals surface area (Å²) in [7, 11) is 2.66. The maximum atomic E-state index is 12.2. The lowest BCUT2D eigenvalue weighted by Gasteiger charge is -2.13. The minimum absolute atomic E-state index is 0.0494. The molecule has 9 heteroatoms. The molecule has 1 aromatic carbocycles. The molecule has 0 radical (unpaired) electrons. The maximum absolute atomic E-state index is 12.2. The molecular weight excluding hydrogens is 332 g/mol. The number of carbonyl (C=O) groups is 2. The molecule has 0 fully saturated rings. The Kier molecular flexibility index (Phi) is 7.64. The molecule has 0 unspecified atom stereocenters. The van der Waals surface area contributed by atoms with Crippen molar-refractivity contribution >= 4 is 17.6 Å². The van der Waals surface area contributed by atoms with E-state index in [0.29, 0.717) is 0 Å². The number of nitrogens with one attached hydrogen (secondary N) is 1. The zero-order valence-electron chi connectivity index (χ0n) is 14.7. The third kappa shape index (κ3) is 5.63. The van der Waals surface area contributed by atoms with Gasteiger partial charge in [0.05, 0.1) is 25.2 Å². The summed E-state index contributed by atoms with van der Waals surface area (Å²) in [5, 5.41) is 13.8. The van der Waals surface area contributed by atoms with Crippen molar-refractivity contribution in [3.63, 3.8) is 0 Å². The van der Waals surface area contributed by atoms with Crippen LogP contribution in [-0.2, 0) is 9.53 Å². The van der Waals surface area contributed by atoms with Crippen LogP contribution in [0, 0.1) is 10.1 Å². The number of amides is 1. The van der Waals surface area contributed by atoms with Gasteiger partial charge in [0.15, 0.2) is 18.1 Å². The summed E-state index contributed by atoms with van der Waals surface area (Å²) in [6, 6.07) is 2.17. The second-order valence-corrected chi connectivity index (χ2v) is 5.31. The van der Waals surface area contributed by atoms with Crippen LogP contribution < -0.4 is 14.8 Å². The van der Waals surface area contributed by atoms with Gasteiger partial charge < -0.3 is 19.5 Å². The number of nitro groups is 1. The number of rotatable bonds is 9. The summed E-state index contributed by atoms with van der Waals surface area (Å²) in [4.78, 5) is 34.3. The van der Waals surface area contributed by atoms with E-state index in [1.54, 1.807) is 0 Å². The second kappa shape index (κ2) is 9.45. The van der Waals surface area contributed by atoms with Crippen LogP contribution in [0.25, 0.3) is 0 Å². The Bertz CT molecular complexity index is 646. The van der Waals surface area contributed by atoms with E-state index in [1.807, 2.05) is 13.8 Å². The standard InChI is InChI=1S/C16H22N2O7/c1-5-6-10(2)17-15(19)9-25-16(20)11-7-13(23-3)14(24-4)8-12(11)18(21)22/h7-8,10H,5-6,9H2,1-4H3,(H,17,19)/t10-/m1/s1. The lowest BCUT2D eigenvalue weighted by Crippen LogP contribution is -2.35. The Balaban J connectivity index is 2.90. The van der Waals surface area contributed by atoms with Crippen molar-refractivity contribution in [1.29, 1.82) is 0 Å². The lowest BCUT2D eigenvalue weighted by atomic mass is 10.1. The van der Waals surface area contributed by atoms with E-state index in [9.17, 15) is 19.7 Å². The van der Waals surface area contributed by atoms with Crippen molar-refractivity contribution in [2.75, 3.05) is 20.8 Å². The molecule has 9 nitrogen and oxygen atoms in total. The van der Waals surface area contributed by atoms with Gasteiger partial charge >= 0.3 is 5.97 Å². The SMILES string of the molecule is CCC[C@@H](C)NC(=O)COC(=O)c1cc(OC)c(OC)cc1[N+](=O)[O-]. The van der Waals surface area contributed by atoms with Crippen LogP contribution in [0.3, 0.4) is 0 Å². The molecule has 0 aromatic heterocycles. The highest BCUT2D eigenvalue weighted by Gasteiger charge is 2.26. The van der Waals surface area contributed by atoms with Crippen molar-refractivity contribution in [2.24, 2.45) is 0 Å². The molecular formula is C16H22N2O7. The van der Waals surface area contributed by atoms with Gasteiger partial charge in [-0.2, -0.15) is 0 Å². The van der Waals surface area contributed by atoms with E-state index in [4.69, 9.17) is 14.2 Å². The fraction of sp³-hybridized carbons (Fsp3) is 0.500. The van der Waals surface area contributed by atoms with Crippen molar-refractivity contribution in [2.45, 2.75) is 32.7 Å². The van der Waals surface area contributed by atoms with Crippen LogP contribution >= 0.6 is 0 Å². The number of hydrogen-bond acceptors (Lipinski definition) is 7. The first-order valence-electron chi connectivity index (χ1n) is 7.70. The fourth-order valence-electron chi connectivity index (χ4n) is 2.21. The molecule has 1 N–H and O–H groups in total. The summed E-state index contributed by atoms with van der Waals surface area (Å²) >= 11 is 0. The lowest BCUT2D eigenvalue weighted by molar-refractivity contribution is -0.385. The molecule has 0 aliphatic rings. The number of esters is 1. The van der Waals surface area contributed by atoms with Crippen molar-refractivity contribution in [3.05, 3.63) is 27.8 Å². The highest BCUT2D eigenvalue weighted by molar-refractivity contribution is 5.96. The molecule has 1 rings (SSSR count). The predicted molar refractivity (Wildman–Crippen MR) is 89.0 cm³/mol. The molecule has 1 atom stereocenters. The van der Waals surface area contributed by atoms with Crippen molar-refractivity contribution < 1.29 is 28.7 Å². The number of methoxy groups -OCH3 is 2. The smallest absolute Gasteiger partial charge is 0.345 e. The monoisotopic (exact) mass is 354 g/mol. The molecule has 0 aliphatic carbocycles. The largest absolute Gasteiger partial charge is 0.493 e. The van der Waals surface area contributed by atoms with Gasteiger partial charge in [0, 0.05) is 12.1 Å². The number of carbonyl (C=O) groups excluding carboxylic acids is 2. The van der Waals surface area contributed by atoms with Gasteiger partial charge in [0.1, 0.15) is 5.56 Å². The number of hydrogen-bond donors (Lipinski definition) is 1. The Hall–Kier alpha value is -2.84. The van der Waals surface area contributed by atoms with Gasteiger partial charge in [0.2, 0.25) is 0 Å². The molecule has 0 spiro atoms. The zero-order valence-corrected chi connectivity index (χ0v) is 14.7. The van der Waals surface area contributed by atoms with E-state index >= 15 is 0 Å². The average Bonchev–Trinajstić information content (AvgIpc) is 2.58. The van der Waals surface area contributed by atoms with Crippen LogP contribution in [-0.4, -0.2) is 43.7 Å². The fourth-order valence-corrected chi connectivity index (χ4v) is 2.21. The first-order valence-corrected chi connectivity index (χ1v) is 7.70. The van der Waals surface area contributed by atoms with Crippen molar-refractivity contribution in [3.8, 4) is 11.5 Å². The molecule has 1 amide bonds. The Labute approximate surface area is 145 Å². The van der Waals surface area contributed by atoms with Crippen molar-refractivity contribution in [1.82, 2.24) is 5.32 Å². The molecule has 0 heterocycles. The van der Waals surface area contributed by atoms with Gasteiger partial charge in [-0.15, -0.1) is 0 Å². The molecule has 1 aromatic rings. The van der Waals surface area contributed by atoms with E-state index in [0.717, 1.165) is 25.0 Å². The molecule has 25 heavy (non-hydrogen) atoms. The normalized spacial score (nSPS) is 11.4. The Morgan fingerprint density at radius 2 is 1.84 bits per heavy atom. The number of ether oxygens (including phenoxy) is 3.